The van der Waals surface area contributed by atoms with Gasteiger partial charge in [0.1, 0.15) is 24.4 Å². The monoisotopic (exact) mass is 550 g/mol. The molecule has 0 radical (unpaired) electrons. The highest BCUT2D eigenvalue weighted by molar-refractivity contribution is 5.69. The maximum atomic E-state index is 12.8. The molecule has 2 aliphatic rings. The molecule has 0 bridgehead atoms. The Morgan fingerprint density at radius 1 is 0.854 bits per heavy atom. The fraction of sp³-hybridized carbons (Fsp3) is 0.281. The lowest BCUT2D eigenvalue weighted by atomic mass is 9.64. The number of nitrogens with one attached hydrogen (secondary N) is 1. The largest absolute Gasteiger partial charge is 0.389 e. The van der Waals surface area contributed by atoms with Crippen LogP contribution in [-0.4, -0.2) is 54.8 Å². The molecule has 4 heterocycles. The molecule has 9 nitrogen and oxygen atoms in total. The predicted molar refractivity (Wildman–Crippen MR) is 151 cm³/mol. The minimum Gasteiger partial charge on any atom is -0.389 e. The average Bonchev–Trinajstić information content (AvgIpc) is 3.66. The van der Waals surface area contributed by atoms with Crippen LogP contribution in [0, 0.1) is 0 Å². The second-order valence-electron chi connectivity index (χ2n) is 11.0. The number of rotatable bonds is 6. The van der Waals surface area contributed by atoms with E-state index in [1.54, 1.807) is 4.57 Å². The summed E-state index contributed by atoms with van der Waals surface area (Å²) in [6.45, 7) is 3.69. The highest BCUT2D eigenvalue weighted by Gasteiger charge is 2.61. The summed E-state index contributed by atoms with van der Waals surface area (Å²) in [6, 6.07) is 29.9. The number of aliphatic hydroxyl groups is 1. The molecule has 208 valence electrons. The van der Waals surface area contributed by atoms with Crippen molar-refractivity contribution in [3.05, 3.63) is 131 Å². The molecule has 41 heavy (non-hydrogen) atoms. The van der Waals surface area contributed by atoms with Crippen LogP contribution in [0.25, 0.3) is 11.2 Å². The molecule has 2 fully saturated rings. The van der Waals surface area contributed by atoms with E-state index in [4.69, 9.17) is 14.2 Å². The van der Waals surface area contributed by atoms with Crippen molar-refractivity contribution >= 4 is 11.2 Å². The van der Waals surface area contributed by atoms with E-state index in [9.17, 15) is 9.90 Å². The first-order valence-corrected chi connectivity index (χ1v) is 13.7. The van der Waals surface area contributed by atoms with Crippen LogP contribution in [0.4, 0.5) is 0 Å². The summed E-state index contributed by atoms with van der Waals surface area (Å²) in [7, 11) is 0. The molecule has 2 aliphatic heterocycles. The first kappa shape index (κ1) is 25.8. The highest BCUT2D eigenvalue weighted by Crippen LogP contribution is 2.50. The molecule has 5 atom stereocenters. The average molecular weight is 551 g/mol. The first-order valence-electron chi connectivity index (χ1n) is 13.7. The van der Waals surface area contributed by atoms with Crippen LogP contribution in [0.3, 0.4) is 0 Å². The van der Waals surface area contributed by atoms with Gasteiger partial charge in [0.05, 0.1) is 18.1 Å². The van der Waals surface area contributed by atoms with Gasteiger partial charge in [-0.2, -0.15) is 0 Å². The summed E-state index contributed by atoms with van der Waals surface area (Å²) in [6.07, 6.45) is -1.05. The lowest BCUT2D eigenvalue weighted by Gasteiger charge is -2.43. The van der Waals surface area contributed by atoms with Crippen molar-refractivity contribution in [1.82, 2.24) is 19.5 Å². The lowest BCUT2D eigenvalue weighted by Crippen LogP contribution is -2.52. The maximum Gasteiger partial charge on any atom is 0.278 e. The number of aromatic nitrogens is 4. The van der Waals surface area contributed by atoms with Crippen molar-refractivity contribution < 1.29 is 19.3 Å². The van der Waals surface area contributed by atoms with Crippen molar-refractivity contribution in [3.8, 4) is 0 Å². The van der Waals surface area contributed by atoms with E-state index in [1.807, 2.05) is 105 Å². The molecule has 2 saturated heterocycles. The smallest absolute Gasteiger partial charge is 0.278 e. The van der Waals surface area contributed by atoms with Gasteiger partial charge in [0.15, 0.2) is 23.2 Å². The third-order valence-electron chi connectivity index (χ3n) is 8.15. The van der Waals surface area contributed by atoms with Crippen molar-refractivity contribution in [1.29, 1.82) is 0 Å². The Balaban J connectivity index is 1.42. The number of nitrogens with zero attached hydrogens (tertiary/aromatic N) is 3. The van der Waals surface area contributed by atoms with E-state index < -0.39 is 41.8 Å². The summed E-state index contributed by atoms with van der Waals surface area (Å²) in [5.41, 5.74) is 1.92. The van der Waals surface area contributed by atoms with Crippen LogP contribution in [0.2, 0.25) is 0 Å². The normalized spacial score (nSPS) is 24.4. The third kappa shape index (κ3) is 4.04. The zero-order valence-electron chi connectivity index (χ0n) is 22.6. The van der Waals surface area contributed by atoms with Gasteiger partial charge in [-0.1, -0.05) is 91.0 Å². The van der Waals surface area contributed by atoms with Gasteiger partial charge >= 0.3 is 0 Å². The van der Waals surface area contributed by atoms with E-state index in [0.29, 0.717) is 5.65 Å². The summed E-state index contributed by atoms with van der Waals surface area (Å²) in [5.74, 6) is -0.925. The van der Waals surface area contributed by atoms with Gasteiger partial charge in [-0.05, 0) is 30.5 Å². The number of aromatic amines is 1. The number of hydrogen-bond acceptors (Lipinski definition) is 7. The van der Waals surface area contributed by atoms with Crippen LogP contribution in [-0.2, 0) is 19.6 Å². The minimum absolute atomic E-state index is 0.196. The Morgan fingerprint density at radius 3 is 1.95 bits per heavy atom. The van der Waals surface area contributed by atoms with Crippen molar-refractivity contribution in [3.63, 3.8) is 0 Å². The molecule has 3 aromatic carbocycles. The summed E-state index contributed by atoms with van der Waals surface area (Å²) < 4.78 is 21.2. The number of benzene rings is 3. The molecule has 0 spiro atoms. The number of H-pyrrole nitrogens is 1. The van der Waals surface area contributed by atoms with Crippen LogP contribution >= 0.6 is 0 Å². The quantitative estimate of drug-likeness (QED) is 0.308. The molecule has 2 aromatic heterocycles. The zero-order chi connectivity index (χ0) is 28.2. The molecule has 2 N–H and O–H groups in total. The fourth-order valence-corrected chi connectivity index (χ4v) is 6.50. The Hall–Kier alpha value is -4.15. The van der Waals surface area contributed by atoms with Gasteiger partial charge in [0.25, 0.3) is 5.56 Å². The number of imidazole rings is 1. The molecule has 0 aliphatic carbocycles. The molecular weight excluding hydrogens is 520 g/mol. The standard InChI is InChI=1S/C32H30N4O5/c1-31(2)40-24-25(39-30(26(24)41-31)36-19-35-23-28(36)33-18-34-29(23)38)27(37)32(20-12-6-3-7-13-20,21-14-8-4-9-15-21)22-16-10-5-11-17-22/h3-19,24-27,30,37H,1-2H3,(H,33,34,38)/t24-,25+,26-,27?,30-/m1/s1. The Bertz CT molecular complexity index is 1620. The van der Waals surface area contributed by atoms with Gasteiger partial charge in [-0.25, -0.2) is 9.97 Å². The molecule has 0 amide bonds. The highest BCUT2D eigenvalue weighted by atomic mass is 16.8. The van der Waals surface area contributed by atoms with Gasteiger partial charge in [-0.15, -0.1) is 0 Å². The maximum absolute atomic E-state index is 12.8. The Labute approximate surface area is 236 Å². The first-order chi connectivity index (χ1) is 19.9. The number of ether oxygens (including phenoxy) is 3. The van der Waals surface area contributed by atoms with Crippen molar-refractivity contribution in [2.24, 2.45) is 0 Å². The van der Waals surface area contributed by atoms with E-state index in [-0.39, 0.29) is 11.1 Å². The minimum atomic E-state index is -1.11. The number of hydrogen-bond donors (Lipinski definition) is 2. The molecule has 9 heteroatoms. The summed E-state index contributed by atoms with van der Waals surface area (Å²) in [4.78, 5) is 23.6. The number of fused-ring (bicyclic) bond motifs is 2. The van der Waals surface area contributed by atoms with Crippen molar-refractivity contribution in [2.75, 3.05) is 0 Å². The summed E-state index contributed by atoms with van der Waals surface area (Å²) >= 11 is 0. The molecule has 5 aromatic rings. The van der Waals surface area contributed by atoms with E-state index >= 15 is 0 Å². The van der Waals surface area contributed by atoms with E-state index in [0.717, 1.165) is 16.7 Å². The van der Waals surface area contributed by atoms with Crippen molar-refractivity contribution in [2.45, 2.75) is 55.7 Å². The van der Waals surface area contributed by atoms with Crippen LogP contribution < -0.4 is 5.56 Å². The Kier molecular flexibility index (Phi) is 6.13. The zero-order valence-corrected chi connectivity index (χ0v) is 22.6. The Morgan fingerprint density at radius 2 is 1.39 bits per heavy atom. The van der Waals surface area contributed by atoms with Crippen LogP contribution in [0.15, 0.2) is 108 Å². The SMILES string of the molecule is CC1(C)O[C@@H]2[C@H](O1)[C@@H](C(O)C(c1ccccc1)(c1ccccc1)c1ccccc1)O[C@H]2n1cnc2c(=O)[nH]cnc21. The van der Waals surface area contributed by atoms with Gasteiger partial charge < -0.3 is 24.3 Å². The molecule has 0 saturated carbocycles. The topological polar surface area (TPSA) is 111 Å². The van der Waals surface area contributed by atoms with Crippen LogP contribution in [0.5, 0.6) is 0 Å². The predicted octanol–water partition coefficient (Wildman–Crippen LogP) is 3.93. The van der Waals surface area contributed by atoms with Gasteiger partial charge in [-0.3, -0.25) is 9.36 Å². The van der Waals surface area contributed by atoms with E-state index in [2.05, 4.69) is 15.0 Å². The summed E-state index contributed by atoms with van der Waals surface area (Å²) in [5, 5.41) is 12.8. The van der Waals surface area contributed by atoms with Gasteiger partial charge in [0.2, 0.25) is 0 Å². The van der Waals surface area contributed by atoms with Gasteiger partial charge in [0, 0.05) is 0 Å². The third-order valence-corrected chi connectivity index (χ3v) is 8.15. The molecule has 7 rings (SSSR count). The second-order valence-corrected chi connectivity index (χ2v) is 11.0. The van der Waals surface area contributed by atoms with Crippen LogP contribution in [0.1, 0.15) is 36.8 Å². The number of aliphatic hydroxyl groups excluding tert-OH is 1. The second kappa shape index (κ2) is 9.74. The van der Waals surface area contributed by atoms with E-state index in [1.165, 1.54) is 12.7 Å². The lowest BCUT2D eigenvalue weighted by molar-refractivity contribution is -0.209. The molecule has 1 unspecified atom stereocenters. The molecular formula is C32H30N4O5. The fourth-order valence-electron chi connectivity index (χ4n) is 6.50.